The van der Waals surface area contributed by atoms with Crippen molar-refractivity contribution in [3.8, 4) is 6.07 Å². The van der Waals surface area contributed by atoms with Crippen molar-refractivity contribution in [3.05, 3.63) is 0 Å². The van der Waals surface area contributed by atoms with Gasteiger partial charge < -0.3 is 15.4 Å². The lowest BCUT2D eigenvalue weighted by molar-refractivity contribution is -0.128. The summed E-state index contributed by atoms with van der Waals surface area (Å²) >= 11 is 0. The van der Waals surface area contributed by atoms with E-state index in [-0.39, 0.29) is 24.8 Å². The zero-order valence-corrected chi connectivity index (χ0v) is 11.9. The predicted octanol–water partition coefficient (Wildman–Crippen LogP) is 0.585. The highest BCUT2D eigenvalue weighted by molar-refractivity contribution is 5.85. The Bertz CT molecular complexity index is 333. The minimum Gasteiger partial charge on any atom is -0.383 e. The molecule has 0 aliphatic heterocycles. The Morgan fingerprint density at radius 3 is 2.32 bits per heavy atom. The first kappa shape index (κ1) is 17.4. The topological polar surface area (TPSA) is 91.2 Å². The molecule has 0 spiro atoms. The number of ether oxygens (including phenoxy) is 1. The van der Waals surface area contributed by atoms with Gasteiger partial charge in [-0.2, -0.15) is 5.26 Å². The summed E-state index contributed by atoms with van der Waals surface area (Å²) in [6.45, 7) is 4.77. The fraction of sp³-hybridized carbons (Fsp3) is 0.769. The zero-order chi connectivity index (χ0) is 14.7. The molecule has 0 aromatic heterocycles. The van der Waals surface area contributed by atoms with E-state index in [4.69, 9.17) is 10.00 Å². The molecule has 0 heterocycles. The van der Waals surface area contributed by atoms with Gasteiger partial charge in [0.1, 0.15) is 5.41 Å². The maximum absolute atomic E-state index is 11.9. The number of nitrogens with one attached hydrogen (secondary N) is 2. The van der Waals surface area contributed by atoms with Crippen LogP contribution >= 0.6 is 0 Å². The number of nitrogens with zero attached hydrogens (tertiary/aromatic N) is 1. The number of carbonyl (C=O) groups is 2. The number of methoxy groups -OCH3 is 1. The van der Waals surface area contributed by atoms with Crippen LogP contribution in [0.5, 0.6) is 0 Å². The van der Waals surface area contributed by atoms with Crippen LogP contribution in [0.1, 0.15) is 33.1 Å². The molecule has 0 aliphatic rings. The van der Waals surface area contributed by atoms with Gasteiger partial charge in [0, 0.05) is 26.6 Å². The molecule has 2 N–H and O–H groups in total. The molecule has 6 nitrogen and oxygen atoms in total. The normalized spacial score (nSPS) is 10.6. The fourth-order valence-electron chi connectivity index (χ4n) is 1.62. The van der Waals surface area contributed by atoms with Crippen molar-refractivity contribution in [3.63, 3.8) is 0 Å². The second kappa shape index (κ2) is 9.34. The lowest BCUT2D eigenvalue weighted by Gasteiger charge is -2.21. The molecule has 108 valence electrons. The van der Waals surface area contributed by atoms with E-state index < -0.39 is 5.41 Å². The fourth-order valence-corrected chi connectivity index (χ4v) is 1.62. The van der Waals surface area contributed by atoms with E-state index in [9.17, 15) is 9.59 Å². The van der Waals surface area contributed by atoms with Gasteiger partial charge in [0.15, 0.2) is 0 Å². The van der Waals surface area contributed by atoms with Gasteiger partial charge in [-0.1, -0.05) is 13.8 Å². The number of nitriles is 1. The number of rotatable bonds is 9. The average molecular weight is 269 g/mol. The second-order valence-electron chi connectivity index (χ2n) is 4.25. The van der Waals surface area contributed by atoms with Crippen molar-refractivity contribution in [2.24, 2.45) is 5.41 Å². The van der Waals surface area contributed by atoms with Crippen LogP contribution in [0.4, 0.5) is 0 Å². The maximum Gasteiger partial charge on any atom is 0.240 e. The summed E-state index contributed by atoms with van der Waals surface area (Å²) in [6.07, 6.45) is 1.13. The highest BCUT2D eigenvalue weighted by Gasteiger charge is 2.34. The van der Waals surface area contributed by atoms with Crippen LogP contribution in [0.2, 0.25) is 0 Å². The van der Waals surface area contributed by atoms with Gasteiger partial charge >= 0.3 is 0 Å². The molecule has 2 amide bonds. The average Bonchev–Trinajstić information content (AvgIpc) is 2.42. The van der Waals surface area contributed by atoms with Gasteiger partial charge in [0.25, 0.3) is 0 Å². The summed E-state index contributed by atoms with van der Waals surface area (Å²) in [6, 6.07) is 2.07. The molecule has 19 heavy (non-hydrogen) atoms. The van der Waals surface area contributed by atoms with E-state index in [0.717, 1.165) is 0 Å². The summed E-state index contributed by atoms with van der Waals surface area (Å²) in [5.41, 5.74) is -0.980. The van der Waals surface area contributed by atoms with Crippen LogP contribution in [0.3, 0.4) is 0 Å². The Balaban J connectivity index is 4.04. The monoisotopic (exact) mass is 269 g/mol. The van der Waals surface area contributed by atoms with Crippen molar-refractivity contribution >= 4 is 11.8 Å². The first-order valence-electron chi connectivity index (χ1n) is 6.51. The van der Waals surface area contributed by atoms with Gasteiger partial charge in [0.2, 0.25) is 11.8 Å². The Hall–Kier alpha value is -1.61. The first-order valence-corrected chi connectivity index (χ1v) is 6.51. The van der Waals surface area contributed by atoms with E-state index in [2.05, 4.69) is 16.7 Å². The Morgan fingerprint density at radius 2 is 1.84 bits per heavy atom. The summed E-state index contributed by atoms with van der Waals surface area (Å²) < 4.78 is 4.80. The Labute approximate surface area is 114 Å². The molecule has 0 saturated carbocycles. The van der Waals surface area contributed by atoms with Crippen molar-refractivity contribution < 1.29 is 14.3 Å². The minimum atomic E-state index is -0.980. The molecule has 0 atom stereocenters. The number of hydrogen-bond acceptors (Lipinski definition) is 4. The molecular formula is C13H23N3O3. The van der Waals surface area contributed by atoms with Crippen molar-refractivity contribution in [1.29, 1.82) is 5.26 Å². The maximum atomic E-state index is 11.9. The molecular weight excluding hydrogens is 246 g/mol. The van der Waals surface area contributed by atoms with Crippen molar-refractivity contribution in [2.75, 3.05) is 26.8 Å². The van der Waals surface area contributed by atoms with Crippen LogP contribution in [-0.4, -0.2) is 38.6 Å². The largest absolute Gasteiger partial charge is 0.383 e. The second-order valence-corrected chi connectivity index (χ2v) is 4.25. The molecule has 6 heteroatoms. The molecule has 0 bridgehead atoms. The molecule has 0 unspecified atom stereocenters. The van der Waals surface area contributed by atoms with E-state index >= 15 is 0 Å². The predicted molar refractivity (Wildman–Crippen MR) is 71.1 cm³/mol. The molecule has 0 rings (SSSR count). The molecule has 0 radical (unpaired) electrons. The third kappa shape index (κ3) is 5.71. The van der Waals surface area contributed by atoms with Gasteiger partial charge in [-0.15, -0.1) is 0 Å². The number of amides is 2. The number of hydrogen-bond donors (Lipinski definition) is 2. The standard InChI is InChI=1S/C13H23N3O3/c1-4-13(5-2,10-14)12(18)16-7-6-11(17)15-8-9-19-3/h4-9H2,1-3H3,(H,15,17)(H,16,18). The van der Waals surface area contributed by atoms with Gasteiger partial charge in [-0.25, -0.2) is 0 Å². The van der Waals surface area contributed by atoms with Crippen molar-refractivity contribution in [2.45, 2.75) is 33.1 Å². The van der Waals surface area contributed by atoms with Crippen LogP contribution in [0.15, 0.2) is 0 Å². The van der Waals surface area contributed by atoms with Crippen molar-refractivity contribution in [1.82, 2.24) is 10.6 Å². The lowest BCUT2D eigenvalue weighted by atomic mass is 9.83. The molecule has 0 aromatic rings. The van der Waals surface area contributed by atoms with Crippen LogP contribution in [-0.2, 0) is 14.3 Å². The van der Waals surface area contributed by atoms with Crippen LogP contribution in [0.25, 0.3) is 0 Å². The Kier molecular flexibility index (Phi) is 8.55. The van der Waals surface area contributed by atoms with Crippen LogP contribution in [0, 0.1) is 16.7 Å². The first-order chi connectivity index (χ1) is 9.06. The van der Waals surface area contributed by atoms with Crippen LogP contribution < -0.4 is 10.6 Å². The molecule has 0 aliphatic carbocycles. The van der Waals surface area contributed by atoms with E-state index in [1.165, 1.54) is 0 Å². The Morgan fingerprint density at radius 1 is 1.21 bits per heavy atom. The third-order valence-corrected chi connectivity index (χ3v) is 3.12. The van der Waals surface area contributed by atoms with E-state index in [1.54, 1.807) is 7.11 Å². The highest BCUT2D eigenvalue weighted by Crippen LogP contribution is 2.25. The molecule has 0 fully saturated rings. The SMILES string of the molecule is CCC(C#N)(CC)C(=O)NCCC(=O)NCCOC. The summed E-state index contributed by atoms with van der Waals surface area (Å²) in [7, 11) is 1.56. The number of carbonyl (C=O) groups excluding carboxylic acids is 2. The quantitative estimate of drug-likeness (QED) is 0.599. The molecule has 0 saturated heterocycles. The minimum absolute atomic E-state index is 0.145. The highest BCUT2D eigenvalue weighted by atomic mass is 16.5. The zero-order valence-electron chi connectivity index (χ0n) is 11.9. The van der Waals surface area contributed by atoms with Gasteiger partial charge in [-0.05, 0) is 12.8 Å². The summed E-state index contributed by atoms with van der Waals surface area (Å²) in [5, 5.41) is 14.4. The smallest absolute Gasteiger partial charge is 0.240 e. The van der Waals surface area contributed by atoms with E-state index in [0.29, 0.717) is 26.0 Å². The van der Waals surface area contributed by atoms with Gasteiger partial charge in [-0.3, -0.25) is 9.59 Å². The van der Waals surface area contributed by atoms with E-state index in [1.807, 2.05) is 13.8 Å². The molecule has 0 aromatic carbocycles. The third-order valence-electron chi connectivity index (χ3n) is 3.12. The van der Waals surface area contributed by atoms with Gasteiger partial charge in [0.05, 0.1) is 12.7 Å². The lowest BCUT2D eigenvalue weighted by Crippen LogP contribution is -2.41. The summed E-state index contributed by atoms with van der Waals surface area (Å²) in [4.78, 5) is 23.3. The summed E-state index contributed by atoms with van der Waals surface area (Å²) in [5.74, 6) is -0.447.